The number of carbonyl (C=O) groups excluding carboxylic acids is 1. The maximum Gasteiger partial charge on any atom is 0.322 e. The Labute approximate surface area is 173 Å². The largest absolute Gasteiger partial charge is 0.403 e. The Morgan fingerprint density at radius 1 is 0.833 bits per heavy atom. The second kappa shape index (κ2) is 7.92. The van der Waals surface area contributed by atoms with Crippen LogP contribution in [-0.4, -0.2) is 30.8 Å². The van der Waals surface area contributed by atoms with E-state index in [0.29, 0.717) is 5.56 Å². The van der Waals surface area contributed by atoms with E-state index in [1.54, 1.807) is 30.3 Å². The summed E-state index contributed by atoms with van der Waals surface area (Å²) in [6.45, 7) is 0. The topological polar surface area (TPSA) is 102 Å². The number of carbonyl (C=O) groups is 1. The van der Waals surface area contributed by atoms with E-state index in [9.17, 15) is 13.2 Å². The summed E-state index contributed by atoms with van der Waals surface area (Å²) in [4.78, 5) is 12.6. The number of benzene rings is 3. The molecule has 0 aliphatic rings. The van der Waals surface area contributed by atoms with E-state index < -0.39 is 15.7 Å². The van der Waals surface area contributed by atoms with Crippen molar-refractivity contribution in [2.75, 3.05) is 11.6 Å². The second-order valence-electron chi connectivity index (χ2n) is 6.58. The molecule has 0 spiro atoms. The van der Waals surface area contributed by atoms with Gasteiger partial charge in [0.2, 0.25) is 0 Å². The zero-order valence-electron chi connectivity index (χ0n) is 15.9. The first-order valence-corrected chi connectivity index (χ1v) is 10.9. The number of rotatable bonds is 5. The van der Waals surface area contributed by atoms with E-state index in [4.69, 9.17) is 4.42 Å². The molecule has 4 rings (SSSR count). The Kier molecular flexibility index (Phi) is 5.16. The minimum atomic E-state index is -3.48. The SMILES string of the molecule is CS(=O)(=O)c1ccccc1-c1nnc(NC(=O)c2ccc(-c3ccccc3)cc2)o1. The quantitative estimate of drug-likeness (QED) is 0.523. The number of sulfone groups is 1. The van der Waals surface area contributed by atoms with Gasteiger partial charge in [0.05, 0.1) is 10.5 Å². The Bertz CT molecular complexity index is 1300. The van der Waals surface area contributed by atoms with Crippen molar-refractivity contribution in [2.24, 2.45) is 0 Å². The van der Waals surface area contributed by atoms with Crippen LogP contribution in [-0.2, 0) is 9.84 Å². The number of aromatic nitrogens is 2. The molecule has 1 amide bonds. The lowest BCUT2D eigenvalue weighted by molar-refractivity contribution is 0.102. The number of nitrogens with one attached hydrogen (secondary N) is 1. The molecule has 0 aliphatic carbocycles. The zero-order chi connectivity index (χ0) is 21.1. The van der Waals surface area contributed by atoms with Crippen molar-refractivity contribution in [3.8, 4) is 22.6 Å². The van der Waals surface area contributed by atoms with Crippen LogP contribution < -0.4 is 5.32 Å². The van der Waals surface area contributed by atoms with E-state index in [2.05, 4.69) is 15.5 Å². The number of hydrogen-bond acceptors (Lipinski definition) is 6. The van der Waals surface area contributed by atoms with Crippen LogP contribution >= 0.6 is 0 Å². The van der Waals surface area contributed by atoms with Gasteiger partial charge in [-0.25, -0.2) is 8.42 Å². The van der Waals surface area contributed by atoms with Gasteiger partial charge < -0.3 is 4.42 Å². The highest BCUT2D eigenvalue weighted by Gasteiger charge is 2.19. The van der Waals surface area contributed by atoms with Crippen LogP contribution in [0.25, 0.3) is 22.6 Å². The number of amides is 1. The van der Waals surface area contributed by atoms with Crippen molar-refractivity contribution in [3.63, 3.8) is 0 Å². The summed E-state index contributed by atoms with van der Waals surface area (Å²) in [5.41, 5.74) is 2.74. The van der Waals surface area contributed by atoms with Crippen LogP contribution in [0.4, 0.5) is 6.01 Å². The van der Waals surface area contributed by atoms with Crippen LogP contribution in [0, 0.1) is 0 Å². The van der Waals surface area contributed by atoms with E-state index in [1.807, 2.05) is 42.5 Å². The van der Waals surface area contributed by atoms with Crippen LogP contribution in [0.5, 0.6) is 0 Å². The van der Waals surface area contributed by atoms with Crippen LogP contribution in [0.1, 0.15) is 10.4 Å². The molecule has 1 aromatic heterocycles. The summed E-state index contributed by atoms with van der Waals surface area (Å²) in [5.74, 6) is -0.410. The van der Waals surface area contributed by atoms with Crippen molar-refractivity contribution >= 4 is 21.8 Å². The predicted molar refractivity (Wildman–Crippen MR) is 113 cm³/mol. The minimum Gasteiger partial charge on any atom is -0.403 e. The summed E-state index contributed by atoms with van der Waals surface area (Å²) in [7, 11) is -3.48. The standard InChI is InChI=1S/C22H17N3O4S/c1-30(27,28)19-10-6-5-9-18(19)21-24-25-22(29-21)23-20(26)17-13-11-16(12-14-17)15-7-3-2-4-8-15/h2-14H,1H3,(H,23,25,26). The normalized spacial score (nSPS) is 11.2. The van der Waals surface area contributed by atoms with E-state index in [-0.39, 0.29) is 22.4 Å². The smallest absolute Gasteiger partial charge is 0.322 e. The van der Waals surface area contributed by atoms with Gasteiger partial charge in [-0.15, -0.1) is 5.10 Å². The molecular weight excluding hydrogens is 402 g/mol. The number of anilines is 1. The molecule has 8 heteroatoms. The number of hydrogen-bond donors (Lipinski definition) is 1. The Balaban J connectivity index is 1.53. The first-order chi connectivity index (χ1) is 14.4. The summed E-state index contributed by atoms with van der Waals surface area (Å²) in [5, 5.41) is 10.2. The van der Waals surface area contributed by atoms with Crippen molar-refractivity contribution in [1.82, 2.24) is 10.2 Å². The Morgan fingerprint density at radius 2 is 1.47 bits per heavy atom. The molecule has 0 saturated heterocycles. The molecule has 3 aromatic carbocycles. The van der Waals surface area contributed by atoms with E-state index >= 15 is 0 Å². The molecule has 7 nitrogen and oxygen atoms in total. The molecule has 1 heterocycles. The summed E-state index contributed by atoms with van der Waals surface area (Å²) in [6, 6.07) is 23.1. The molecule has 30 heavy (non-hydrogen) atoms. The molecule has 0 unspecified atom stereocenters. The first kappa shape index (κ1) is 19.5. The van der Waals surface area contributed by atoms with Gasteiger partial charge in [-0.05, 0) is 35.4 Å². The molecule has 0 atom stereocenters. The second-order valence-corrected chi connectivity index (χ2v) is 8.56. The fourth-order valence-corrected chi connectivity index (χ4v) is 3.84. The maximum atomic E-state index is 12.5. The van der Waals surface area contributed by atoms with Crippen molar-refractivity contribution < 1.29 is 17.6 Å². The highest BCUT2D eigenvalue weighted by atomic mass is 32.2. The van der Waals surface area contributed by atoms with Crippen LogP contribution in [0.15, 0.2) is 88.2 Å². The minimum absolute atomic E-state index is 0.00532. The molecule has 0 fully saturated rings. The lowest BCUT2D eigenvalue weighted by Gasteiger charge is -2.04. The fourth-order valence-electron chi connectivity index (χ4n) is 2.96. The van der Waals surface area contributed by atoms with Gasteiger partial charge in [0, 0.05) is 11.8 Å². The summed E-state index contributed by atoms with van der Waals surface area (Å²) < 4.78 is 29.4. The van der Waals surface area contributed by atoms with Crippen LogP contribution in [0.3, 0.4) is 0 Å². The lowest BCUT2D eigenvalue weighted by Crippen LogP contribution is -2.11. The lowest BCUT2D eigenvalue weighted by atomic mass is 10.0. The van der Waals surface area contributed by atoms with Gasteiger partial charge in [0.15, 0.2) is 9.84 Å². The molecule has 0 bridgehead atoms. The average molecular weight is 419 g/mol. The van der Waals surface area contributed by atoms with Gasteiger partial charge in [-0.3, -0.25) is 10.1 Å². The van der Waals surface area contributed by atoms with E-state index in [1.165, 1.54) is 6.07 Å². The monoisotopic (exact) mass is 419 g/mol. The third kappa shape index (κ3) is 4.13. The zero-order valence-corrected chi connectivity index (χ0v) is 16.8. The van der Waals surface area contributed by atoms with Crippen molar-refractivity contribution in [1.29, 1.82) is 0 Å². The highest BCUT2D eigenvalue weighted by molar-refractivity contribution is 7.90. The molecule has 150 valence electrons. The molecule has 0 aliphatic heterocycles. The Morgan fingerprint density at radius 3 is 2.17 bits per heavy atom. The van der Waals surface area contributed by atoms with Gasteiger partial charge >= 0.3 is 6.01 Å². The molecule has 4 aromatic rings. The fraction of sp³-hybridized carbons (Fsp3) is 0.0455. The maximum absolute atomic E-state index is 12.5. The third-order valence-corrected chi connectivity index (χ3v) is 5.57. The molecular formula is C22H17N3O4S. The first-order valence-electron chi connectivity index (χ1n) is 9.01. The molecule has 0 radical (unpaired) electrons. The van der Waals surface area contributed by atoms with E-state index in [0.717, 1.165) is 17.4 Å². The number of nitrogens with zero attached hydrogens (tertiary/aromatic N) is 2. The molecule has 0 saturated carbocycles. The molecule has 1 N–H and O–H groups in total. The average Bonchev–Trinajstić information content (AvgIpc) is 3.22. The Hall–Kier alpha value is -3.78. The van der Waals surface area contributed by atoms with Crippen LogP contribution in [0.2, 0.25) is 0 Å². The summed E-state index contributed by atoms with van der Waals surface area (Å²) in [6.07, 6.45) is 1.10. The highest BCUT2D eigenvalue weighted by Crippen LogP contribution is 2.27. The third-order valence-electron chi connectivity index (χ3n) is 4.42. The van der Waals surface area contributed by atoms with Crippen molar-refractivity contribution in [2.45, 2.75) is 4.90 Å². The van der Waals surface area contributed by atoms with Crippen molar-refractivity contribution in [3.05, 3.63) is 84.4 Å². The predicted octanol–water partition coefficient (Wildman–Crippen LogP) is 4.06. The van der Waals surface area contributed by atoms with Gasteiger partial charge in [-0.2, -0.15) is 0 Å². The van der Waals surface area contributed by atoms with Gasteiger partial charge in [-0.1, -0.05) is 59.7 Å². The summed E-state index contributed by atoms with van der Waals surface area (Å²) >= 11 is 0. The van der Waals surface area contributed by atoms with Gasteiger partial charge in [0.1, 0.15) is 0 Å². The van der Waals surface area contributed by atoms with Gasteiger partial charge in [0.25, 0.3) is 11.8 Å².